The number of rotatable bonds is 6. The number of carbonyl (C=O) groups excluding carboxylic acids is 4. The molecule has 2 aliphatic rings. The van der Waals surface area contributed by atoms with E-state index in [4.69, 9.17) is 14.2 Å². The molecule has 0 spiro atoms. The standard InChI is InChI=1S/C29H26N2O8S/c1-5-38-28(36)25-15(3)30-29(40-25)31-22(16-6-8-17(9-7-16)27(35)37-4)21(24(33)26(31)34)23(32)18-10-11-20-19(13-18)12-14(2)39-20/h6-11,13-14,22,32H,5,12H2,1-4H3/t14-,22-/m1/s1. The third-order valence-electron chi connectivity index (χ3n) is 6.71. The number of ether oxygens (including phenoxy) is 3. The van der Waals surface area contributed by atoms with E-state index in [1.54, 1.807) is 44.2 Å². The van der Waals surface area contributed by atoms with Crippen LogP contribution in [0.5, 0.6) is 5.75 Å². The van der Waals surface area contributed by atoms with Gasteiger partial charge in [0, 0.05) is 12.0 Å². The molecular weight excluding hydrogens is 536 g/mol. The molecule has 3 aromatic rings. The van der Waals surface area contributed by atoms with E-state index < -0.39 is 29.7 Å². The molecule has 1 fully saturated rings. The summed E-state index contributed by atoms with van der Waals surface area (Å²) in [5.74, 6) is -2.62. The monoisotopic (exact) mass is 562 g/mol. The average molecular weight is 563 g/mol. The second-order valence-corrected chi connectivity index (χ2v) is 10.3. The summed E-state index contributed by atoms with van der Waals surface area (Å²) in [6.45, 7) is 5.38. The average Bonchev–Trinajstić information content (AvgIpc) is 3.59. The Morgan fingerprint density at radius 3 is 2.50 bits per heavy atom. The first-order valence-corrected chi connectivity index (χ1v) is 13.4. The van der Waals surface area contributed by atoms with Gasteiger partial charge in [-0.2, -0.15) is 0 Å². The Balaban J connectivity index is 1.66. The molecule has 0 bridgehead atoms. The van der Waals surface area contributed by atoms with Crippen molar-refractivity contribution >= 4 is 45.9 Å². The van der Waals surface area contributed by atoms with Crippen molar-refractivity contribution in [1.29, 1.82) is 0 Å². The summed E-state index contributed by atoms with van der Waals surface area (Å²) in [7, 11) is 1.26. The summed E-state index contributed by atoms with van der Waals surface area (Å²) in [5.41, 5.74) is 2.14. The number of thiazole rings is 1. The molecule has 0 saturated carbocycles. The van der Waals surface area contributed by atoms with Crippen LogP contribution in [0.15, 0.2) is 48.0 Å². The number of hydrogen-bond acceptors (Lipinski definition) is 10. The number of anilines is 1. The quantitative estimate of drug-likeness (QED) is 0.201. The van der Waals surface area contributed by atoms with Crippen LogP contribution in [0.3, 0.4) is 0 Å². The Bertz CT molecular complexity index is 1570. The van der Waals surface area contributed by atoms with Crippen LogP contribution < -0.4 is 9.64 Å². The van der Waals surface area contributed by atoms with Crippen LogP contribution in [-0.4, -0.2) is 53.5 Å². The Labute approximate surface area is 233 Å². The van der Waals surface area contributed by atoms with Gasteiger partial charge in [0.05, 0.1) is 36.6 Å². The number of fused-ring (bicyclic) bond motifs is 1. The Morgan fingerprint density at radius 1 is 1.12 bits per heavy atom. The van der Waals surface area contributed by atoms with Crippen LogP contribution in [0, 0.1) is 6.92 Å². The van der Waals surface area contributed by atoms with Crippen molar-refractivity contribution in [3.05, 3.63) is 80.9 Å². The van der Waals surface area contributed by atoms with E-state index >= 15 is 0 Å². The number of aliphatic hydroxyl groups is 1. The number of aliphatic hydroxyl groups excluding tert-OH is 1. The lowest BCUT2D eigenvalue weighted by atomic mass is 9.94. The summed E-state index contributed by atoms with van der Waals surface area (Å²) in [4.78, 5) is 57.3. The summed E-state index contributed by atoms with van der Waals surface area (Å²) in [6, 6.07) is 10.2. The third kappa shape index (κ3) is 4.62. The summed E-state index contributed by atoms with van der Waals surface area (Å²) >= 11 is 0.919. The zero-order valence-corrected chi connectivity index (χ0v) is 23.0. The van der Waals surface area contributed by atoms with E-state index in [0.717, 1.165) is 16.9 Å². The topological polar surface area (TPSA) is 132 Å². The first-order valence-electron chi connectivity index (χ1n) is 12.6. The van der Waals surface area contributed by atoms with E-state index in [2.05, 4.69) is 4.98 Å². The fourth-order valence-electron chi connectivity index (χ4n) is 4.86. The maximum absolute atomic E-state index is 13.5. The van der Waals surface area contributed by atoms with Crippen molar-refractivity contribution in [2.24, 2.45) is 0 Å². The lowest BCUT2D eigenvalue weighted by Crippen LogP contribution is -2.29. The number of ketones is 1. The molecule has 40 heavy (non-hydrogen) atoms. The molecule has 0 aliphatic carbocycles. The fourth-order valence-corrected chi connectivity index (χ4v) is 5.85. The number of carbonyl (C=O) groups is 4. The third-order valence-corrected chi connectivity index (χ3v) is 7.85. The molecule has 3 heterocycles. The number of amides is 1. The van der Waals surface area contributed by atoms with Gasteiger partial charge in [-0.25, -0.2) is 14.6 Å². The van der Waals surface area contributed by atoms with E-state index in [-0.39, 0.29) is 39.6 Å². The zero-order valence-electron chi connectivity index (χ0n) is 22.2. The van der Waals surface area contributed by atoms with Gasteiger partial charge in [-0.15, -0.1) is 0 Å². The number of esters is 2. The molecule has 2 aromatic carbocycles. The SMILES string of the molecule is CCOC(=O)c1sc(N2C(=O)C(=O)C(=C(O)c3ccc4c(c3)C[C@@H](C)O4)[C@H]2c2ccc(C(=O)OC)cc2)nc1C. The van der Waals surface area contributed by atoms with Gasteiger partial charge in [0.15, 0.2) is 5.13 Å². The number of aryl methyl sites for hydroxylation is 1. The minimum atomic E-state index is -1.09. The molecule has 1 N–H and O–H groups in total. The van der Waals surface area contributed by atoms with Crippen molar-refractivity contribution < 1.29 is 38.5 Å². The van der Waals surface area contributed by atoms with Crippen molar-refractivity contribution in [3.8, 4) is 5.75 Å². The van der Waals surface area contributed by atoms with Gasteiger partial charge in [0.25, 0.3) is 5.78 Å². The minimum absolute atomic E-state index is 0.0203. The van der Waals surface area contributed by atoms with Gasteiger partial charge >= 0.3 is 17.8 Å². The second kappa shape index (κ2) is 10.6. The first kappa shape index (κ1) is 27.1. The van der Waals surface area contributed by atoms with Gasteiger partial charge in [0.1, 0.15) is 22.5 Å². The normalized spacial score (nSPS) is 19.4. The lowest BCUT2D eigenvalue weighted by molar-refractivity contribution is -0.132. The van der Waals surface area contributed by atoms with Crippen molar-refractivity contribution in [1.82, 2.24) is 4.98 Å². The Morgan fingerprint density at radius 2 is 1.82 bits per heavy atom. The molecule has 1 aromatic heterocycles. The fraction of sp³-hybridized carbons (Fsp3) is 0.276. The highest BCUT2D eigenvalue weighted by molar-refractivity contribution is 7.17. The molecule has 2 atom stereocenters. The zero-order chi connectivity index (χ0) is 28.7. The van der Waals surface area contributed by atoms with Gasteiger partial charge in [-0.1, -0.05) is 23.5 Å². The maximum Gasteiger partial charge on any atom is 0.350 e. The lowest BCUT2D eigenvalue weighted by Gasteiger charge is -2.23. The smallest absolute Gasteiger partial charge is 0.350 e. The van der Waals surface area contributed by atoms with Gasteiger partial charge in [-0.05, 0) is 62.2 Å². The van der Waals surface area contributed by atoms with Crippen LogP contribution in [0.2, 0.25) is 0 Å². The predicted octanol–water partition coefficient (Wildman–Crippen LogP) is 4.36. The number of hydrogen-bond donors (Lipinski definition) is 1. The van der Waals surface area contributed by atoms with Crippen LogP contribution in [0.1, 0.15) is 62.3 Å². The molecule has 0 radical (unpaired) electrons. The molecule has 1 saturated heterocycles. The molecule has 5 rings (SSSR count). The number of nitrogens with zero attached hydrogens (tertiary/aromatic N) is 2. The highest BCUT2D eigenvalue weighted by Gasteiger charge is 2.48. The van der Waals surface area contributed by atoms with E-state index in [1.165, 1.54) is 24.1 Å². The highest BCUT2D eigenvalue weighted by atomic mass is 32.1. The predicted molar refractivity (Wildman–Crippen MR) is 146 cm³/mol. The van der Waals surface area contributed by atoms with Gasteiger partial charge in [0.2, 0.25) is 0 Å². The van der Waals surface area contributed by atoms with Crippen molar-refractivity contribution in [2.75, 3.05) is 18.6 Å². The summed E-state index contributed by atoms with van der Waals surface area (Å²) in [5, 5.41) is 11.6. The first-order chi connectivity index (χ1) is 19.1. The number of aromatic nitrogens is 1. The molecule has 0 unspecified atom stereocenters. The molecule has 1 amide bonds. The highest BCUT2D eigenvalue weighted by Crippen LogP contribution is 2.44. The van der Waals surface area contributed by atoms with Crippen molar-refractivity contribution in [3.63, 3.8) is 0 Å². The van der Waals surface area contributed by atoms with Gasteiger partial charge < -0.3 is 19.3 Å². The molecule has 11 heteroatoms. The Kier molecular flexibility index (Phi) is 7.16. The number of benzene rings is 2. The molecule has 2 aliphatic heterocycles. The van der Waals surface area contributed by atoms with Crippen LogP contribution in [0.4, 0.5) is 5.13 Å². The summed E-state index contributed by atoms with van der Waals surface area (Å²) < 4.78 is 15.6. The van der Waals surface area contributed by atoms with Crippen LogP contribution in [-0.2, 0) is 25.5 Å². The second-order valence-electron chi connectivity index (χ2n) is 9.37. The summed E-state index contributed by atoms with van der Waals surface area (Å²) in [6.07, 6.45) is 0.617. The van der Waals surface area contributed by atoms with E-state index in [0.29, 0.717) is 29.0 Å². The largest absolute Gasteiger partial charge is 0.507 e. The minimum Gasteiger partial charge on any atom is -0.507 e. The number of Topliss-reactive ketones (excluding diaryl/α,β-unsaturated/α-hetero) is 1. The van der Waals surface area contributed by atoms with Crippen LogP contribution >= 0.6 is 11.3 Å². The van der Waals surface area contributed by atoms with Gasteiger partial charge in [-0.3, -0.25) is 14.5 Å². The maximum atomic E-state index is 13.5. The Hall–Kier alpha value is -4.51. The van der Waals surface area contributed by atoms with E-state index in [1.807, 2.05) is 6.92 Å². The van der Waals surface area contributed by atoms with E-state index in [9.17, 15) is 24.3 Å². The molecule has 10 nitrogen and oxygen atoms in total. The molecule has 206 valence electrons. The van der Waals surface area contributed by atoms with Crippen molar-refractivity contribution in [2.45, 2.75) is 39.3 Å². The molecular formula is C29H26N2O8S. The van der Waals surface area contributed by atoms with Crippen LogP contribution in [0.25, 0.3) is 5.76 Å². The number of methoxy groups -OCH3 is 1.